The first-order chi connectivity index (χ1) is 8.55. The van der Waals surface area contributed by atoms with Crippen molar-refractivity contribution in [3.8, 4) is 0 Å². The molecule has 0 saturated carbocycles. The zero-order chi connectivity index (χ0) is 15.3. The number of carbonyl (C=O) groups is 1. The maximum atomic E-state index is 10.8. The third-order valence-corrected chi connectivity index (χ3v) is 8.63. The van der Waals surface area contributed by atoms with Gasteiger partial charge in [-0.3, -0.25) is 4.79 Å². The quantitative estimate of drug-likeness (QED) is 0.375. The Bertz CT molecular complexity index is 313. The van der Waals surface area contributed by atoms with Gasteiger partial charge in [0.2, 0.25) is 0 Å². The van der Waals surface area contributed by atoms with Crippen LogP contribution in [0.4, 0.5) is 0 Å². The molecule has 0 N–H and O–H groups in total. The lowest BCUT2D eigenvalue weighted by atomic mass is 9.98. The third-order valence-electron chi connectivity index (χ3n) is 4.12. The van der Waals surface area contributed by atoms with Gasteiger partial charge in [-0.2, -0.15) is 0 Å². The first kappa shape index (κ1) is 18.6. The SMILES string of the molecule is CCC[C@H](O[Si](C)(C)C(C)(C)C)[C@@H](C)/C=C(\C)C=O. The fourth-order valence-electron chi connectivity index (χ4n) is 1.83. The van der Waals surface area contributed by atoms with Crippen LogP contribution >= 0.6 is 0 Å². The smallest absolute Gasteiger partial charge is 0.192 e. The second-order valence-electron chi connectivity index (χ2n) is 7.09. The fourth-order valence-corrected chi connectivity index (χ4v) is 3.27. The van der Waals surface area contributed by atoms with Crippen LogP contribution in [0, 0.1) is 5.92 Å². The molecule has 0 radical (unpaired) electrons. The van der Waals surface area contributed by atoms with Crippen molar-refractivity contribution in [3.05, 3.63) is 11.6 Å². The summed E-state index contributed by atoms with van der Waals surface area (Å²) in [6.07, 6.45) is 5.35. The Morgan fingerprint density at radius 2 is 1.84 bits per heavy atom. The van der Waals surface area contributed by atoms with E-state index in [0.29, 0.717) is 5.92 Å². The van der Waals surface area contributed by atoms with Crippen LogP contribution < -0.4 is 0 Å². The van der Waals surface area contributed by atoms with E-state index in [-0.39, 0.29) is 11.1 Å². The lowest BCUT2D eigenvalue weighted by Gasteiger charge is -2.40. The summed E-state index contributed by atoms with van der Waals surface area (Å²) < 4.78 is 6.53. The predicted molar refractivity (Wildman–Crippen MR) is 86.0 cm³/mol. The van der Waals surface area contributed by atoms with Crippen molar-refractivity contribution in [2.75, 3.05) is 0 Å². The van der Waals surface area contributed by atoms with Crippen molar-refractivity contribution < 1.29 is 9.22 Å². The lowest BCUT2D eigenvalue weighted by Crippen LogP contribution is -2.45. The molecule has 0 heterocycles. The predicted octanol–water partition coefficient (Wildman–Crippen LogP) is 4.96. The standard InChI is InChI=1S/C16H32O2Si/c1-9-10-15(14(3)11-13(2)12-17)18-19(7,8)16(4,5)6/h11-12,14-15H,9-10H2,1-8H3/b13-11+/t14-,15-/m0/s1. The van der Waals surface area contributed by atoms with Crippen molar-refractivity contribution in [1.82, 2.24) is 0 Å². The maximum Gasteiger partial charge on any atom is 0.192 e. The largest absolute Gasteiger partial charge is 0.413 e. The molecule has 2 nitrogen and oxygen atoms in total. The van der Waals surface area contributed by atoms with E-state index in [2.05, 4.69) is 47.7 Å². The summed E-state index contributed by atoms with van der Waals surface area (Å²) in [6, 6.07) is 0. The van der Waals surface area contributed by atoms with Crippen LogP contribution in [-0.4, -0.2) is 20.7 Å². The monoisotopic (exact) mass is 284 g/mol. The molecular formula is C16H32O2Si. The van der Waals surface area contributed by atoms with Gasteiger partial charge in [0.05, 0.1) is 6.10 Å². The second kappa shape index (κ2) is 7.39. The van der Waals surface area contributed by atoms with Crippen LogP contribution in [0.15, 0.2) is 11.6 Å². The van der Waals surface area contributed by atoms with Crippen molar-refractivity contribution in [3.63, 3.8) is 0 Å². The Morgan fingerprint density at radius 3 is 2.21 bits per heavy atom. The van der Waals surface area contributed by atoms with Crippen LogP contribution in [0.1, 0.15) is 54.4 Å². The topological polar surface area (TPSA) is 26.3 Å². The zero-order valence-corrected chi connectivity index (χ0v) is 15.0. The number of hydrogen-bond donors (Lipinski definition) is 0. The Labute approximate surface area is 120 Å². The first-order valence-corrected chi connectivity index (χ1v) is 10.3. The Hall–Kier alpha value is -0.413. The van der Waals surface area contributed by atoms with Crippen molar-refractivity contribution in [2.45, 2.75) is 78.6 Å². The molecule has 0 spiro atoms. The van der Waals surface area contributed by atoms with Gasteiger partial charge < -0.3 is 4.43 Å². The normalized spacial score (nSPS) is 17.2. The van der Waals surface area contributed by atoms with Gasteiger partial charge in [-0.05, 0) is 43.0 Å². The molecule has 0 fully saturated rings. The minimum atomic E-state index is -1.75. The molecule has 0 amide bonds. The van der Waals surface area contributed by atoms with Gasteiger partial charge in [0.1, 0.15) is 6.29 Å². The average Bonchev–Trinajstić information content (AvgIpc) is 2.26. The molecule has 2 atom stereocenters. The van der Waals surface area contributed by atoms with E-state index in [0.717, 1.165) is 24.7 Å². The number of carbonyl (C=O) groups excluding carboxylic acids is 1. The van der Waals surface area contributed by atoms with Crippen molar-refractivity contribution in [1.29, 1.82) is 0 Å². The molecule has 19 heavy (non-hydrogen) atoms. The van der Waals surface area contributed by atoms with Gasteiger partial charge >= 0.3 is 0 Å². The summed E-state index contributed by atoms with van der Waals surface area (Å²) in [6.45, 7) is 17.6. The molecule has 0 saturated heterocycles. The van der Waals surface area contributed by atoms with Gasteiger partial charge in [0.15, 0.2) is 8.32 Å². The summed E-state index contributed by atoms with van der Waals surface area (Å²) in [5, 5.41) is 0.224. The van der Waals surface area contributed by atoms with Crippen molar-refractivity contribution in [2.24, 2.45) is 5.92 Å². The van der Waals surface area contributed by atoms with Gasteiger partial charge in [-0.15, -0.1) is 0 Å². The molecule has 0 rings (SSSR count). The summed E-state index contributed by atoms with van der Waals surface area (Å²) in [7, 11) is -1.75. The zero-order valence-electron chi connectivity index (χ0n) is 14.0. The molecule has 0 aromatic rings. The maximum absolute atomic E-state index is 10.8. The highest BCUT2D eigenvalue weighted by Crippen LogP contribution is 2.38. The first-order valence-electron chi connectivity index (χ1n) is 7.36. The molecule has 3 heteroatoms. The highest BCUT2D eigenvalue weighted by atomic mass is 28.4. The number of aldehydes is 1. The molecule has 0 aliphatic heterocycles. The Morgan fingerprint density at radius 1 is 1.32 bits per heavy atom. The molecule has 0 unspecified atom stereocenters. The highest BCUT2D eigenvalue weighted by Gasteiger charge is 2.39. The molecule has 112 valence electrons. The summed E-state index contributed by atoms with van der Waals surface area (Å²) in [5.74, 6) is 0.291. The van der Waals surface area contributed by atoms with Gasteiger partial charge in [0.25, 0.3) is 0 Å². The van der Waals surface area contributed by atoms with Crippen LogP contribution in [0.25, 0.3) is 0 Å². The summed E-state index contributed by atoms with van der Waals surface area (Å²) >= 11 is 0. The molecule has 0 aliphatic carbocycles. The molecule has 0 aromatic carbocycles. The molecule has 0 aliphatic rings. The highest BCUT2D eigenvalue weighted by molar-refractivity contribution is 6.74. The number of allylic oxidation sites excluding steroid dienone is 1. The minimum absolute atomic E-state index is 0.223. The summed E-state index contributed by atoms with van der Waals surface area (Å²) in [4.78, 5) is 10.8. The fraction of sp³-hybridized carbons (Fsp3) is 0.812. The van der Waals surface area contributed by atoms with E-state index in [1.807, 2.05) is 13.0 Å². The van der Waals surface area contributed by atoms with Crippen LogP contribution in [0.2, 0.25) is 18.1 Å². The average molecular weight is 285 g/mol. The van der Waals surface area contributed by atoms with Crippen LogP contribution in [0.5, 0.6) is 0 Å². The summed E-state index contributed by atoms with van der Waals surface area (Å²) in [5.41, 5.74) is 0.799. The van der Waals surface area contributed by atoms with E-state index in [4.69, 9.17) is 4.43 Å². The molecule has 0 aromatic heterocycles. The van der Waals surface area contributed by atoms with Gasteiger partial charge in [-0.25, -0.2) is 0 Å². The number of rotatable bonds is 7. The Kier molecular flexibility index (Phi) is 7.23. The minimum Gasteiger partial charge on any atom is -0.413 e. The van der Waals surface area contributed by atoms with E-state index < -0.39 is 8.32 Å². The van der Waals surface area contributed by atoms with E-state index in [9.17, 15) is 4.79 Å². The Balaban J connectivity index is 4.98. The molecular weight excluding hydrogens is 252 g/mol. The van der Waals surface area contributed by atoms with E-state index >= 15 is 0 Å². The van der Waals surface area contributed by atoms with E-state index in [1.165, 1.54) is 0 Å². The van der Waals surface area contributed by atoms with Gasteiger partial charge in [0, 0.05) is 0 Å². The number of hydrogen-bond acceptors (Lipinski definition) is 2. The van der Waals surface area contributed by atoms with E-state index in [1.54, 1.807) is 0 Å². The third kappa shape index (κ3) is 6.04. The molecule has 0 bridgehead atoms. The van der Waals surface area contributed by atoms with Crippen LogP contribution in [-0.2, 0) is 9.22 Å². The van der Waals surface area contributed by atoms with Gasteiger partial charge in [-0.1, -0.05) is 47.1 Å². The van der Waals surface area contributed by atoms with Crippen LogP contribution in [0.3, 0.4) is 0 Å². The second-order valence-corrected chi connectivity index (χ2v) is 11.8. The van der Waals surface area contributed by atoms with Crippen molar-refractivity contribution >= 4 is 14.6 Å². The lowest BCUT2D eigenvalue weighted by molar-refractivity contribution is -0.104.